The van der Waals surface area contributed by atoms with Crippen LogP contribution in [0.15, 0.2) is 66.9 Å². The van der Waals surface area contributed by atoms with Gasteiger partial charge < -0.3 is 15.0 Å². The predicted molar refractivity (Wildman–Crippen MR) is 135 cm³/mol. The first-order chi connectivity index (χ1) is 16.7. The summed E-state index contributed by atoms with van der Waals surface area (Å²) in [5.41, 5.74) is 2.11. The molecule has 0 fully saturated rings. The second-order valence-electron chi connectivity index (χ2n) is 9.39. The zero-order chi connectivity index (χ0) is 25.5. The zero-order valence-corrected chi connectivity index (χ0v) is 20.7. The molecule has 1 unspecified atom stereocenters. The number of hydrogen-bond acceptors (Lipinski definition) is 4. The van der Waals surface area contributed by atoms with Crippen LogP contribution in [0.25, 0.3) is 5.70 Å². The molecular formula is C28H33N3O4. The SMILES string of the molecule is CC(C)C(=O)N1C=C(c2ccccc2)N(CC(=O)N[C@H](C=O)Cc2ccccc2)C(=O)C1C(C)C. The maximum Gasteiger partial charge on any atom is 0.250 e. The Labute approximate surface area is 206 Å². The topological polar surface area (TPSA) is 86.8 Å². The van der Waals surface area contributed by atoms with Crippen LogP contribution in [0.2, 0.25) is 0 Å². The lowest BCUT2D eigenvalue weighted by molar-refractivity contribution is -0.147. The largest absolute Gasteiger partial charge is 0.345 e. The molecule has 3 rings (SSSR count). The molecule has 2 aromatic carbocycles. The van der Waals surface area contributed by atoms with Crippen molar-refractivity contribution < 1.29 is 19.2 Å². The predicted octanol–water partition coefficient (Wildman–Crippen LogP) is 3.26. The average Bonchev–Trinajstić information content (AvgIpc) is 2.84. The van der Waals surface area contributed by atoms with Crippen LogP contribution < -0.4 is 5.32 Å². The molecular weight excluding hydrogens is 442 g/mol. The van der Waals surface area contributed by atoms with Gasteiger partial charge in [-0.1, -0.05) is 88.4 Å². The molecule has 2 atom stereocenters. The van der Waals surface area contributed by atoms with Crippen LogP contribution in [0.3, 0.4) is 0 Å². The molecule has 3 amide bonds. The first-order valence-corrected chi connectivity index (χ1v) is 11.9. The summed E-state index contributed by atoms with van der Waals surface area (Å²) >= 11 is 0. The van der Waals surface area contributed by atoms with Gasteiger partial charge in [-0.15, -0.1) is 0 Å². The summed E-state index contributed by atoms with van der Waals surface area (Å²) in [5, 5.41) is 2.74. The molecule has 1 aliphatic rings. The summed E-state index contributed by atoms with van der Waals surface area (Å²) in [6, 6.07) is 17.2. The summed E-state index contributed by atoms with van der Waals surface area (Å²) < 4.78 is 0. The Morgan fingerprint density at radius 3 is 2.11 bits per heavy atom. The average molecular weight is 476 g/mol. The second kappa shape index (κ2) is 11.6. The quantitative estimate of drug-likeness (QED) is 0.564. The number of nitrogens with one attached hydrogen (secondary N) is 1. The van der Waals surface area contributed by atoms with Crippen molar-refractivity contribution in [3.8, 4) is 0 Å². The maximum atomic E-state index is 13.7. The normalized spacial score (nSPS) is 16.8. The number of rotatable bonds is 9. The van der Waals surface area contributed by atoms with Crippen molar-refractivity contribution in [2.45, 2.75) is 46.2 Å². The third-order valence-electron chi connectivity index (χ3n) is 5.93. The lowest BCUT2D eigenvalue weighted by Gasteiger charge is -2.41. The first-order valence-electron chi connectivity index (χ1n) is 11.9. The van der Waals surface area contributed by atoms with Gasteiger partial charge in [0, 0.05) is 12.1 Å². The minimum absolute atomic E-state index is 0.154. The van der Waals surface area contributed by atoms with Crippen LogP contribution in [0.4, 0.5) is 0 Å². The molecule has 0 bridgehead atoms. The van der Waals surface area contributed by atoms with Gasteiger partial charge in [0.2, 0.25) is 11.8 Å². The molecule has 7 heteroatoms. The summed E-state index contributed by atoms with van der Waals surface area (Å²) in [7, 11) is 0. The van der Waals surface area contributed by atoms with Crippen molar-refractivity contribution in [2.24, 2.45) is 11.8 Å². The van der Waals surface area contributed by atoms with E-state index in [0.717, 1.165) is 5.56 Å². The highest BCUT2D eigenvalue weighted by atomic mass is 16.2. The number of nitrogens with zero attached hydrogens (tertiary/aromatic N) is 2. The van der Waals surface area contributed by atoms with Crippen LogP contribution in [-0.2, 0) is 25.6 Å². The highest BCUT2D eigenvalue weighted by Gasteiger charge is 2.41. The Morgan fingerprint density at radius 2 is 1.57 bits per heavy atom. The van der Waals surface area contributed by atoms with Gasteiger partial charge >= 0.3 is 0 Å². The van der Waals surface area contributed by atoms with Crippen LogP contribution in [-0.4, -0.2) is 52.4 Å². The molecule has 1 aliphatic heterocycles. The molecule has 0 saturated heterocycles. The molecule has 1 N–H and O–H groups in total. The van der Waals surface area contributed by atoms with Gasteiger partial charge in [-0.2, -0.15) is 0 Å². The van der Waals surface area contributed by atoms with Gasteiger partial charge in [0.15, 0.2) is 0 Å². The summed E-state index contributed by atoms with van der Waals surface area (Å²) in [6.45, 7) is 7.10. The Bertz CT molecular complexity index is 1080. The van der Waals surface area contributed by atoms with Gasteiger partial charge in [-0.3, -0.25) is 19.3 Å². The third-order valence-corrected chi connectivity index (χ3v) is 5.93. The molecule has 0 spiro atoms. The zero-order valence-electron chi connectivity index (χ0n) is 20.7. The summed E-state index contributed by atoms with van der Waals surface area (Å²) in [4.78, 5) is 54.3. The Kier molecular flexibility index (Phi) is 8.58. The highest BCUT2D eigenvalue weighted by Crippen LogP contribution is 2.30. The van der Waals surface area contributed by atoms with E-state index in [1.165, 1.54) is 9.80 Å². The van der Waals surface area contributed by atoms with Crippen molar-refractivity contribution in [3.05, 3.63) is 78.0 Å². The molecule has 0 aromatic heterocycles. The van der Waals surface area contributed by atoms with Crippen LogP contribution in [0, 0.1) is 11.8 Å². The number of hydrogen-bond donors (Lipinski definition) is 1. The van der Waals surface area contributed by atoms with Crippen molar-refractivity contribution in [1.82, 2.24) is 15.1 Å². The fourth-order valence-corrected chi connectivity index (χ4v) is 4.18. The first kappa shape index (κ1) is 25.9. The molecule has 0 aliphatic carbocycles. The molecule has 1 heterocycles. The number of carbonyl (C=O) groups excluding carboxylic acids is 4. The van der Waals surface area contributed by atoms with Gasteiger partial charge in [0.05, 0.1) is 11.7 Å². The van der Waals surface area contributed by atoms with Gasteiger partial charge in [0.25, 0.3) is 5.91 Å². The lowest BCUT2D eigenvalue weighted by Crippen LogP contribution is -2.57. The van der Waals surface area contributed by atoms with E-state index in [0.29, 0.717) is 24.0 Å². The van der Waals surface area contributed by atoms with E-state index in [1.807, 2.05) is 74.5 Å². The van der Waals surface area contributed by atoms with Gasteiger partial charge in [-0.05, 0) is 23.5 Å². The number of aldehydes is 1. The van der Waals surface area contributed by atoms with E-state index >= 15 is 0 Å². The molecule has 35 heavy (non-hydrogen) atoms. The molecule has 2 aromatic rings. The molecule has 184 valence electrons. The van der Waals surface area contributed by atoms with E-state index in [2.05, 4.69) is 5.32 Å². The fraction of sp³-hybridized carbons (Fsp3) is 0.357. The number of amides is 3. The van der Waals surface area contributed by atoms with E-state index in [-0.39, 0.29) is 30.2 Å². The molecule has 7 nitrogen and oxygen atoms in total. The van der Waals surface area contributed by atoms with Crippen LogP contribution in [0.1, 0.15) is 38.8 Å². The Morgan fingerprint density at radius 1 is 0.971 bits per heavy atom. The van der Waals surface area contributed by atoms with E-state index in [1.54, 1.807) is 20.0 Å². The van der Waals surface area contributed by atoms with Crippen LogP contribution >= 0.6 is 0 Å². The monoisotopic (exact) mass is 475 g/mol. The standard InChI is InChI=1S/C28H33N3O4/c1-19(2)26-28(35)30(17-25(33)29-23(18-32)15-21-11-7-5-8-12-21)24(22-13-9-6-10-14-22)16-31(26)27(34)20(3)4/h5-14,16,18-20,23,26H,15,17H2,1-4H3,(H,29,33)/t23-,26?/m0/s1. The van der Waals surface area contributed by atoms with Crippen molar-refractivity contribution in [2.75, 3.05) is 6.54 Å². The van der Waals surface area contributed by atoms with E-state index < -0.39 is 18.0 Å². The number of carbonyl (C=O) groups is 4. The van der Waals surface area contributed by atoms with Gasteiger partial charge in [0.1, 0.15) is 18.9 Å². The van der Waals surface area contributed by atoms with Crippen LogP contribution in [0.5, 0.6) is 0 Å². The summed E-state index contributed by atoms with van der Waals surface area (Å²) in [5.74, 6) is -1.38. The van der Waals surface area contributed by atoms with Gasteiger partial charge in [-0.25, -0.2) is 0 Å². The number of benzene rings is 2. The van der Waals surface area contributed by atoms with Crippen molar-refractivity contribution in [3.63, 3.8) is 0 Å². The molecule has 0 saturated carbocycles. The fourth-order valence-electron chi connectivity index (χ4n) is 4.18. The minimum atomic E-state index is -0.726. The lowest BCUT2D eigenvalue weighted by atomic mass is 9.95. The second-order valence-corrected chi connectivity index (χ2v) is 9.39. The van der Waals surface area contributed by atoms with E-state index in [4.69, 9.17) is 0 Å². The van der Waals surface area contributed by atoms with Crippen molar-refractivity contribution >= 4 is 29.7 Å². The summed E-state index contributed by atoms with van der Waals surface area (Å²) in [6.07, 6.45) is 2.74. The van der Waals surface area contributed by atoms with E-state index in [9.17, 15) is 19.2 Å². The maximum absolute atomic E-state index is 13.7. The molecule has 0 radical (unpaired) electrons. The smallest absolute Gasteiger partial charge is 0.250 e. The Balaban J connectivity index is 1.91. The third kappa shape index (κ3) is 6.23. The highest BCUT2D eigenvalue weighted by molar-refractivity contribution is 6.00. The Hall–Kier alpha value is -3.74. The van der Waals surface area contributed by atoms with Crippen molar-refractivity contribution in [1.29, 1.82) is 0 Å². The minimum Gasteiger partial charge on any atom is -0.345 e.